The molecule has 0 spiro atoms. The van der Waals surface area contributed by atoms with E-state index in [1.165, 1.54) is 11.6 Å². The van der Waals surface area contributed by atoms with Gasteiger partial charge in [0.05, 0.1) is 5.56 Å². The Kier molecular flexibility index (Phi) is 4.02. The number of rotatable bonds is 3. The highest BCUT2D eigenvalue weighted by atomic mass is 19.4. The van der Waals surface area contributed by atoms with Gasteiger partial charge in [-0.25, -0.2) is 0 Å². The van der Waals surface area contributed by atoms with Crippen molar-refractivity contribution in [3.05, 3.63) is 59.7 Å². The molecule has 4 heteroatoms. The third-order valence-corrected chi connectivity index (χ3v) is 3.06. The molecule has 1 N–H and O–H groups in total. The second-order valence-corrected chi connectivity index (χ2v) is 4.98. The zero-order chi connectivity index (χ0) is 14.8. The van der Waals surface area contributed by atoms with E-state index in [0.717, 1.165) is 17.8 Å². The lowest BCUT2D eigenvalue weighted by molar-refractivity contribution is -0.137. The second kappa shape index (κ2) is 5.57. The van der Waals surface area contributed by atoms with Gasteiger partial charge in [-0.15, -0.1) is 0 Å². The summed E-state index contributed by atoms with van der Waals surface area (Å²) in [6, 6.07) is 12.9. The van der Waals surface area contributed by atoms with E-state index < -0.39 is 11.7 Å². The lowest BCUT2D eigenvalue weighted by atomic mass is 10.0. The van der Waals surface area contributed by atoms with E-state index in [1.54, 1.807) is 6.07 Å². The molecule has 106 valence electrons. The number of alkyl halides is 3. The van der Waals surface area contributed by atoms with Gasteiger partial charge >= 0.3 is 6.18 Å². The van der Waals surface area contributed by atoms with Crippen molar-refractivity contribution >= 4 is 11.4 Å². The quantitative estimate of drug-likeness (QED) is 0.774. The van der Waals surface area contributed by atoms with Gasteiger partial charge in [0, 0.05) is 11.4 Å². The van der Waals surface area contributed by atoms with Crippen LogP contribution in [0.25, 0.3) is 0 Å². The Labute approximate surface area is 116 Å². The predicted octanol–water partition coefficient (Wildman–Crippen LogP) is 5.57. The minimum Gasteiger partial charge on any atom is -0.356 e. The first-order valence-corrected chi connectivity index (χ1v) is 6.40. The molecule has 2 aromatic rings. The first kappa shape index (κ1) is 14.4. The van der Waals surface area contributed by atoms with Crippen LogP contribution in [-0.4, -0.2) is 0 Å². The fourth-order valence-corrected chi connectivity index (χ4v) is 1.89. The monoisotopic (exact) mass is 279 g/mol. The van der Waals surface area contributed by atoms with Crippen LogP contribution in [0.1, 0.15) is 30.9 Å². The predicted molar refractivity (Wildman–Crippen MR) is 75.3 cm³/mol. The molecule has 0 aliphatic carbocycles. The fourth-order valence-electron chi connectivity index (χ4n) is 1.89. The van der Waals surface area contributed by atoms with Gasteiger partial charge in [0.15, 0.2) is 0 Å². The number of hydrogen-bond acceptors (Lipinski definition) is 1. The van der Waals surface area contributed by atoms with E-state index in [-0.39, 0.29) is 0 Å². The van der Waals surface area contributed by atoms with E-state index in [9.17, 15) is 13.2 Å². The SMILES string of the molecule is CC(C)c1ccc(Nc2cccc(C(F)(F)F)c2)cc1. The molecule has 0 atom stereocenters. The van der Waals surface area contributed by atoms with Gasteiger partial charge in [0.2, 0.25) is 0 Å². The standard InChI is InChI=1S/C16H16F3N/c1-11(2)12-6-8-14(9-7-12)20-15-5-3-4-13(10-15)16(17,18)19/h3-11,20H,1-2H3. The summed E-state index contributed by atoms with van der Waals surface area (Å²) in [6.45, 7) is 4.18. The van der Waals surface area contributed by atoms with Gasteiger partial charge in [-0.1, -0.05) is 32.0 Å². The van der Waals surface area contributed by atoms with Crippen LogP contribution in [0.3, 0.4) is 0 Å². The molecule has 0 amide bonds. The molecule has 0 saturated carbocycles. The van der Waals surface area contributed by atoms with Crippen LogP contribution in [0.5, 0.6) is 0 Å². The molecular formula is C16H16F3N. The molecule has 0 radical (unpaired) electrons. The molecule has 0 aromatic heterocycles. The van der Waals surface area contributed by atoms with Gasteiger partial charge in [0.25, 0.3) is 0 Å². The van der Waals surface area contributed by atoms with Crippen LogP contribution < -0.4 is 5.32 Å². The summed E-state index contributed by atoms with van der Waals surface area (Å²) in [5.41, 5.74) is 1.74. The highest BCUT2D eigenvalue weighted by Crippen LogP contribution is 2.31. The molecule has 0 aliphatic heterocycles. The van der Waals surface area contributed by atoms with E-state index in [4.69, 9.17) is 0 Å². The van der Waals surface area contributed by atoms with Crippen LogP contribution >= 0.6 is 0 Å². The molecule has 20 heavy (non-hydrogen) atoms. The maximum absolute atomic E-state index is 12.6. The fraction of sp³-hybridized carbons (Fsp3) is 0.250. The van der Waals surface area contributed by atoms with Gasteiger partial charge in [-0.3, -0.25) is 0 Å². The van der Waals surface area contributed by atoms with E-state index in [2.05, 4.69) is 19.2 Å². The number of hydrogen-bond donors (Lipinski definition) is 1. The molecule has 0 fully saturated rings. The number of anilines is 2. The maximum atomic E-state index is 12.6. The van der Waals surface area contributed by atoms with Crippen LogP contribution in [0.2, 0.25) is 0 Å². The third-order valence-electron chi connectivity index (χ3n) is 3.06. The van der Waals surface area contributed by atoms with E-state index in [1.807, 2.05) is 24.3 Å². The minimum atomic E-state index is -4.32. The number of halogens is 3. The first-order valence-electron chi connectivity index (χ1n) is 6.40. The lowest BCUT2D eigenvalue weighted by Crippen LogP contribution is -2.05. The molecule has 0 saturated heterocycles. The summed E-state index contributed by atoms with van der Waals surface area (Å²) in [6.07, 6.45) is -4.32. The largest absolute Gasteiger partial charge is 0.416 e. The van der Waals surface area contributed by atoms with Gasteiger partial charge in [-0.2, -0.15) is 13.2 Å². The van der Waals surface area contributed by atoms with Crippen LogP contribution in [0, 0.1) is 0 Å². The highest BCUT2D eigenvalue weighted by Gasteiger charge is 2.30. The van der Waals surface area contributed by atoms with Crippen molar-refractivity contribution in [3.8, 4) is 0 Å². The second-order valence-electron chi connectivity index (χ2n) is 4.98. The average Bonchev–Trinajstić information content (AvgIpc) is 2.38. The number of nitrogens with one attached hydrogen (secondary N) is 1. The molecule has 2 aromatic carbocycles. The first-order chi connectivity index (χ1) is 9.36. The normalized spacial score (nSPS) is 11.7. The number of benzene rings is 2. The molecule has 0 unspecified atom stereocenters. The smallest absolute Gasteiger partial charge is 0.356 e. The molecule has 2 rings (SSSR count). The van der Waals surface area contributed by atoms with Crippen molar-refractivity contribution in [1.82, 2.24) is 0 Å². The lowest BCUT2D eigenvalue weighted by Gasteiger charge is -2.11. The van der Waals surface area contributed by atoms with Crippen molar-refractivity contribution in [3.63, 3.8) is 0 Å². The van der Waals surface area contributed by atoms with Crippen molar-refractivity contribution in [1.29, 1.82) is 0 Å². The maximum Gasteiger partial charge on any atom is 0.416 e. The highest BCUT2D eigenvalue weighted by molar-refractivity contribution is 5.60. The Hall–Kier alpha value is -1.97. The van der Waals surface area contributed by atoms with Crippen molar-refractivity contribution < 1.29 is 13.2 Å². The van der Waals surface area contributed by atoms with E-state index in [0.29, 0.717) is 11.6 Å². The summed E-state index contributed by atoms with van der Waals surface area (Å²) in [5, 5.41) is 2.98. The molecule has 1 nitrogen and oxygen atoms in total. The van der Waals surface area contributed by atoms with Crippen molar-refractivity contribution in [2.24, 2.45) is 0 Å². The summed E-state index contributed by atoms with van der Waals surface area (Å²) >= 11 is 0. The van der Waals surface area contributed by atoms with Gasteiger partial charge in [0.1, 0.15) is 0 Å². The van der Waals surface area contributed by atoms with Crippen LogP contribution in [0.4, 0.5) is 24.5 Å². The zero-order valence-electron chi connectivity index (χ0n) is 11.3. The Morgan fingerprint density at radius 2 is 1.55 bits per heavy atom. The molecule has 0 aliphatic rings. The molecule has 0 heterocycles. The van der Waals surface area contributed by atoms with Crippen LogP contribution in [0.15, 0.2) is 48.5 Å². The Bertz CT molecular complexity index is 571. The molecular weight excluding hydrogens is 263 g/mol. The summed E-state index contributed by atoms with van der Waals surface area (Å²) in [7, 11) is 0. The minimum absolute atomic E-state index is 0.428. The topological polar surface area (TPSA) is 12.0 Å². The summed E-state index contributed by atoms with van der Waals surface area (Å²) < 4.78 is 37.9. The average molecular weight is 279 g/mol. The van der Waals surface area contributed by atoms with E-state index >= 15 is 0 Å². The zero-order valence-corrected chi connectivity index (χ0v) is 11.3. The molecule has 0 bridgehead atoms. The summed E-state index contributed by atoms with van der Waals surface area (Å²) in [5.74, 6) is 0.428. The Morgan fingerprint density at radius 1 is 0.900 bits per heavy atom. The van der Waals surface area contributed by atoms with Gasteiger partial charge in [-0.05, 0) is 41.8 Å². The third kappa shape index (κ3) is 3.53. The van der Waals surface area contributed by atoms with Crippen molar-refractivity contribution in [2.75, 3.05) is 5.32 Å². The van der Waals surface area contributed by atoms with Crippen LogP contribution in [-0.2, 0) is 6.18 Å². The van der Waals surface area contributed by atoms with Crippen molar-refractivity contribution in [2.45, 2.75) is 25.9 Å². The van der Waals surface area contributed by atoms with Gasteiger partial charge < -0.3 is 5.32 Å². The Balaban J connectivity index is 2.18. The summed E-state index contributed by atoms with van der Waals surface area (Å²) in [4.78, 5) is 0. The Morgan fingerprint density at radius 3 is 2.10 bits per heavy atom.